The summed E-state index contributed by atoms with van der Waals surface area (Å²) in [6, 6.07) is 7.39. The Bertz CT molecular complexity index is 576. The molecule has 0 unspecified atom stereocenters. The SMILES string of the molecule is Cc1cccc(C)c1C(=O)Nc1cnccc1Cl. The summed E-state index contributed by atoms with van der Waals surface area (Å²) in [7, 11) is 0. The standard InChI is InChI=1S/C14H13ClN2O/c1-9-4-3-5-10(2)13(9)14(18)17-12-8-16-7-6-11(12)15/h3-8H,1-2H3,(H,17,18). The van der Waals surface area contributed by atoms with Crippen LogP contribution in [0.3, 0.4) is 0 Å². The Morgan fingerprint density at radius 2 is 1.89 bits per heavy atom. The van der Waals surface area contributed by atoms with Gasteiger partial charge in [-0.1, -0.05) is 29.8 Å². The van der Waals surface area contributed by atoms with Gasteiger partial charge in [-0.25, -0.2) is 0 Å². The van der Waals surface area contributed by atoms with Gasteiger partial charge in [-0.05, 0) is 31.0 Å². The maximum atomic E-state index is 12.2. The van der Waals surface area contributed by atoms with Crippen molar-refractivity contribution in [1.82, 2.24) is 4.98 Å². The fraction of sp³-hybridized carbons (Fsp3) is 0.143. The zero-order valence-electron chi connectivity index (χ0n) is 10.2. The number of amides is 1. The highest BCUT2D eigenvalue weighted by Crippen LogP contribution is 2.21. The number of nitrogens with zero attached hydrogens (tertiary/aromatic N) is 1. The number of hydrogen-bond donors (Lipinski definition) is 1. The Morgan fingerprint density at radius 3 is 2.50 bits per heavy atom. The van der Waals surface area contributed by atoms with Crippen LogP contribution in [0.4, 0.5) is 5.69 Å². The quantitative estimate of drug-likeness (QED) is 0.896. The van der Waals surface area contributed by atoms with Gasteiger partial charge < -0.3 is 5.32 Å². The van der Waals surface area contributed by atoms with Crippen LogP contribution >= 0.6 is 11.6 Å². The van der Waals surface area contributed by atoms with Crippen molar-refractivity contribution in [2.45, 2.75) is 13.8 Å². The van der Waals surface area contributed by atoms with Crippen LogP contribution in [-0.4, -0.2) is 10.9 Å². The van der Waals surface area contributed by atoms with Gasteiger partial charge in [-0.15, -0.1) is 0 Å². The molecule has 0 saturated heterocycles. The van der Waals surface area contributed by atoms with E-state index in [0.29, 0.717) is 16.3 Å². The van der Waals surface area contributed by atoms with Crippen molar-refractivity contribution >= 4 is 23.2 Å². The first-order valence-electron chi connectivity index (χ1n) is 5.56. The van der Waals surface area contributed by atoms with Crippen molar-refractivity contribution in [3.8, 4) is 0 Å². The van der Waals surface area contributed by atoms with Gasteiger partial charge in [0.1, 0.15) is 0 Å². The molecule has 1 aromatic carbocycles. The summed E-state index contributed by atoms with van der Waals surface area (Å²) in [6.07, 6.45) is 3.12. The van der Waals surface area contributed by atoms with Crippen LogP contribution in [0.1, 0.15) is 21.5 Å². The van der Waals surface area contributed by atoms with E-state index in [-0.39, 0.29) is 5.91 Å². The van der Waals surface area contributed by atoms with Gasteiger partial charge in [0.25, 0.3) is 5.91 Å². The van der Waals surface area contributed by atoms with Crippen molar-refractivity contribution in [2.75, 3.05) is 5.32 Å². The molecule has 1 amide bonds. The van der Waals surface area contributed by atoms with Crippen molar-refractivity contribution in [3.05, 3.63) is 58.4 Å². The fourth-order valence-electron chi connectivity index (χ4n) is 1.83. The Labute approximate surface area is 111 Å². The number of anilines is 1. The van der Waals surface area contributed by atoms with E-state index in [1.54, 1.807) is 12.3 Å². The van der Waals surface area contributed by atoms with Gasteiger partial charge in [-0.3, -0.25) is 9.78 Å². The van der Waals surface area contributed by atoms with Gasteiger partial charge in [-0.2, -0.15) is 0 Å². The number of aromatic nitrogens is 1. The highest BCUT2D eigenvalue weighted by atomic mass is 35.5. The summed E-state index contributed by atoms with van der Waals surface area (Å²) in [5, 5.41) is 3.25. The third-order valence-electron chi connectivity index (χ3n) is 2.72. The molecular weight excluding hydrogens is 248 g/mol. The minimum Gasteiger partial charge on any atom is -0.319 e. The summed E-state index contributed by atoms with van der Waals surface area (Å²) >= 11 is 5.98. The van der Waals surface area contributed by atoms with Crippen LogP contribution in [0.5, 0.6) is 0 Å². The largest absolute Gasteiger partial charge is 0.319 e. The second-order valence-corrected chi connectivity index (χ2v) is 4.48. The maximum absolute atomic E-state index is 12.2. The van der Waals surface area contributed by atoms with Crippen molar-refractivity contribution in [1.29, 1.82) is 0 Å². The number of carbonyl (C=O) groups excluding carboxylic acids is 1. The number of pyridine rings is 1. The number of aryl methyl sites for hydroxylation is 2. The number of benzene rings is 1. The van der Waals surface area contributed by atoms with Crippen LogP contribution in [-0.2, 0) is 0 Å². The van der Waals surface area contributed by atoms with Crippen LogP contribution in [0.25, 0.3) is 0 Å². The predicted molar refractivity (Wildman–Crippen MR) is 73.1 cm³/mol. The molecule has 0 fully saturated rings. The van der Waals surface area contributed by atoms with E-state index in [1.165, 1.54) is 6.20 Å². The molecule has 1 heterocycles. The third-order valence-corrected chi connectivity index (χ3v) is 3.05. The highest BCUT2D eigenvalue weighted by molar-refractivity contribution is 6.33. The summed E-state index contributed by atoms with van der Waals surface area (Å²) in [6.45, 7) is 3.82. The number of carbonyl (C=O) groups is 1. The molecule has 0 radical (unpaired) electrons. The van der Waals surface area contributed by atoms with Crippen molar-refractivity contribution < 1.29 is 4.79 Å². The van der Waals surface area contributed by atoms with E-state index in [1.807, 2.05) is 32.0 Å². The maximum Gasteiger partial charge on any atom is 0.256 e. The fourth-order valence-corrected chi connectivity index (χ4v) is 1.98. The lowest BCUT2D eigenvalue weighted by Gasteiger charge is -2.10. The lowest BCUT2D eigenvalue weighted by atomic mass is 10.0. The Hall–Kier alpha value is -1.87. The van der Waals surface area contributed by atoms with E-state index in [0.717, 1.165) is 11.1 Å². The highest BCUT2D eigenvalue weighted by Gasteiger charge is 2.13. The van der Waals surface area contributed by atoms with Crippen LogP contribution in [0.15, 0.2) is 36.7 Å². The lowest BCUT2D eigenvalue weighted by molar-refractivity contribution is 0.102. The lowest BCUT2D eigenvalue weighted by Crippen LogP contribution is -2.15. The zero-order valence-corrected chi connectivity index (χ0v) is 11.0. The van der Waals surface area contributed by atoms with E-state index in [2.05, 4.69) is 10.3 Å². The van der Waals surface area contributed by atoms with E-state index < -0.39 is 0 Å². The number of hydrogen-bond acceptors (Lipinski definition) is 2. The molecule has 2 aromatic rings. The molecule has 3 nitrogen and oxygen atoms in total. The Kier molecular flexibility index (Phi) is 3.63. The first kappa shape index (κ1) is 12.6. The second kappa shape index (κ2) is 5.19. The van der Waals surface area contributed by atoms with Gasteiger partial charge in [0.15, 0.2) is 0 Å². The summed E-state index contributed by atoms with van der Waals surface area (Å²) < 4.78 is 0. The van der Waals surface area contributed by atoms with Crippen molar-refractivity contribution in [3.63, 3.8) is 0 Å². The van der Waals surface area contributed by atoms with Gasteiger partial charge >= 0.3 is 0 Å². The topological polar surface area (TPSA) is 42.0 Å². The van der Waals surface area contributed by atoms with Crippen LogP contribution in [0, 0.1) is 13.8 Å². The van der Waals surface area contributed by atoms with E-state index >= 15 is 0 Å². The molecular formula is C14H13ClN2O. The van der Waals surface area contributed by atoms with Gasteiger partial charge in [0.05, 0.1) is 16.9 Å². The average Bonchev–Trinajstić information content (AvgIpc) is 2.32. The molecule has 1 N–H and O–H groups in total. The Balaban J connectivity index is 2.31. The molecule has 0 saturated carbocycles. The average molecular weight is 261 g/mol. The summed E-state index contributed by atoms with van der Waals surface area (Å²) in [4.78, 5) is 16.1. The zero-order chi connectivity index (χ0) is 13.1. The molecule has 0 bridgehead atoms. The van der Waals surface area contributed by atoms with Crippen LogP contribution < -0.4 is 5.32 Å². The molecule has 4 heteroatoms. The molecule has 0 spiro atoms. The predicted octanol–water partition coefficient (Wildman–Crippen LogP) is 3.60. The molecule has 0 aliphatic heterocycles. The van der Waals surface area contributed by atoms with E-state index in [9.17, 15) is 4.79 Å². The monoisotopic (exact) mass is 260 g/mol. The molecule has 92 valence electrons. The van der Waals surface area contributed by atoms with Gasteiger partial charge in [0.2, 0.25) is 0 Å². The molecule has 0 atom stereocenters. The molecule has 2 rings (SSSR count). The summed E-state index contributed by atoms with van der Waals surface area (Å²) in [5.41, 5.74) is 3.07. The van der Waals surface area contributed by atoms with Crippen LogP contribution in [0.2, 0.25) is 5.02 Å². The molecule has 1 aromatic heterocycles. The van der Waals surface area contributed by atoms with Crippen molar-refractivity contribution in [2.24, 2.45) is 0 Å². The van der Waals surface area contributed by atoms with E-state index in [4.69, 9.17) is 11.6 Å². The summed E-state index contributed by atoms with van der Waals surface area (Å²) in [5.74, 6) is -0.166. The number of rotatable bonds is 2. The number of nitrogens with one attached hydrogen (secondary N) is 1. The minimum absolute atomic E-state index is 0.166. The molecule has 0 aliphatic carbocycles. The second-order valence-electron chi connectivity index (χ2n) is 4.08. The normalized spacial score (nSPS) is 10.2. The Morgan fingerprint density at radius 1 is 1.22 bits per heavy atom. The first-order chi connectivity index (χ1) is 8.59. The molecule has 18 heavy (non-hydrogen) atoms. The number of halogens is 1. The molecule has 0 aliphatic rings. The smallest absolute Gasteiger partial charge is 0.256 e. The minimum atomic E-state index is -0.166. The third kappa shape index (κ3) is 2.51. The van der Waals surface area contributed by atoms with Gasteiger partial charge in [0, 0.05) is 11.8 Å². The first-order valence-corrected chi connectivity index (χ1v) is 5.94.